The summed E-state index contributed by atoms with van der Waals surface area (Å²) in [6, 6.07) is 21.1. The highest BCUT2D eigenvalue weighted by atomic mass is 32.1. The van der Waals surface area contributed by atoms with Crippen molar-refractivity contribution in [3.05, 3.63) is 112 Å². The number of hydrogen-bond acceptors (Lipinski definition) is 11. The van der Waals surface area contributed by atoms with Gasteiger partial charge in [0.1, 0.15) is 17.8 Å². The zero-order valence-corrected chi connectivity index (χ0v) is 42.1. The summed E-state index contributed by atoms with van der Waals surface area (Å²) in [7, 11) is 3.19. The van der Waals surface area contributed by atoms with Crippen LogP contribution in [0.15, 0.2) is 96.0 Å². The van der Waals surface area contributed by atoms with Crippen LogP contribution < -0.4 is 30.2 Å². The second-order valence-electron chi connectivity index (χ2n) is 19.0. The van der Waals surface area contributed by atoms with Crippen LogP contribution in [0, 0.1) is 12.3 Å². The fourth-order valence-electron chi connectivity index (χ4n) is 8.69. The first-order chi connectivity index (χ1) is 33.5. The number of aliphatic hydroxyl groups is 1. The zero-order chi connectivity index (χ0) is 50.1. The predicted octanol–water partition coefficient (Wildman–Crippen LogP) is 8.96. The monoisotopic (exact) mass is 968 g/mol. The fourth-order valence-corrected chi connectivity index (χ4v) is 9.40. The predicted molar refractivity (Wildman–Crippen MR) is 275 cm³/mol. The highest BCUT2D eigenvalue weighted by Gasteiger charge is 2.44. The Balaban J connectivity index is 0.929. The number of pyridine rings is 1. The van der Waals surface area contributed by atoms with Gasteiger partial charge in [0.15, 0.2) is 11.5 Å². The minimum atomic E-state index is -0.901. The maximum absolute atomic E-state index is 14.1. The van der Waals surface area contributed by atoms with Crippen molar-refractivity contribution in [2.45, 2.75) is 104 Å². The first-order valence-corrected chi connectivity index (χ1v) is 24.6. The van der Waals surface area contributed by atoms with E-state index in [0.29, 0.717) is 42.4 Å². The molecule has 2 aliphatic heterocycles. The van der Waals surface area contributed by atoms with Crippen LogP contribution in [-0.2, 0) is 25.6 Å². The number of aryl methyl sites for hydroxylation is 1. The number of thiazole rings is 1. The van der Waals surface area contributed by atoms with Crippen LogP contribution in [0.5, 0.6) is 17.2 Å². The second-order valence-corrected chi connectivity index (χ2v) is 19.9. The Kier molecular flexibility index (Phi) is 16.6. The summed E-state index contributed by atoms with van der Waals surface area (Å²) in [6.45, 7) is 11.8. The van der Waals surface area contributed by atoms with Crippen LogP contribution in [0.25, 0.3) is 39.7 Å². The van der Waals surface area contributed by atoms with Crippen molar-refractivity contribution in [1.29, 1.82) is 0 Å². The number of unbranched alkanes of at least 4 members (excludes halogenated alkanes) is 2. The number of hydrogen-bond donors (Lipinski definition) is 4. The quantitative estimate of drug-likeness (QED) is 0.0489. The summed E-state index contributed by atoms with van der Waals surface area (Å²) in [4.78, 5) is 66.2. The SMILES string of the molecule is COc1ccc(-c2cc(-c3ccc(OCCCCCC(=O)N[C@H](C(=O)N4C[C@H](O)C[C@H]4C(=O)N[C@@H](C)/C(C)=C/C=C/c4scnc4C)C(C)(C)C)cc3)nc3c2CC(=O)Nc2ccccc2-3)cc1OC. The average Bonchev–Trinajstić information content (AvgIpc) is 3.91. The topological polar surface area (TPSA) is 181 Å². The van der Waals surface area contributed by atoms with Gasteiger partial charge in [0.2, 0.25) is 23.6 Å². The number of likely N-dealkylation sites (tertiary alicyclic amines) is 1. The highest BCUT2D eigenvalue weighted by molar-refractivity contribution is 7.10. The van der Waals surface area contributed by atoms with Crippen molar-refractivity contribution in [2.75, 3.05) is 32.7 Å². The molecule has 1 saturated heterocycles. The van der Waals surface area contributed by atoms with Crippen molar-refractivity contribution in [1.82, 2.24) is 25.5 Å². The number of benzene rings is 3. The lowest BCUT2D eigenvalue weighted by molar-refractivity contribution is -0.144. The number of fused-ring (bicyclic) bond motifs is 3. The number of anilines is 1. The molecule has 4 heterocycles. The van der Waals surface area contributed by atoms with Crippen molar-refractivity contribution in [3.8, 4) is 50.9 Å². The summed E-state index contributed by atoms with van der Waals surface area (Å²) >= 11 is 1.55. The summed E-state index contributed by atoms with van der Waals surface area (Å²) in [5, 5.41) is 19.7. The third-order valence-electron chi connectivity index (χ3n) is 12.8. The normalized spacial score (nSPS) is 16.7. The third-order valence-corrected chi connectivity index (χ3v) is 13.7. The Morgan fingerprint density at radius 2 is 1.70 bits per heavy atom. The lowest BCUT2D eigenvalue weighted by Crippen LogP contribution is -2.58. The van der Waals surface area contributed by atoms with Crippen LogP contribution >= 0.6 is 11.3 Å². The number of nitrogens with zero attached hydrogens (tertiary/aromatic N) is 3. The minimum absolute atomic E-state index is 0.00475. The van der Waals surface area contributed by atoms with E-state index in [-0.39, 0.29) is 49.6 Å². The standard InChI is InChI=1S/C55H64N6O8S/c1-33(15-14-18-48-35(3)56-32-70-48)34(2)57-53(65)45-28-38(62)31-61(45)54(66)52(55(4,5)6)60-49(63)19-10-9-13-26-69-39-23-20-36(21-24-39)44-29-41(37-22-25-46(67-7)47(27-37)68-8)42-30-50(64)58-43-17-12-11-16-40(43)51(42)59-44/h11-12,14-18,20-25,27,29,32,34,38,45,52,62H,9-10,13,19,26,28,30-31H2,1-8H3,(H,57,65)(H,58,64)(H,60,63)/b18-14+,33-15+/t34-,38+,45-,52+/m0/s1. The third kappa shape index (κ3) is 12.3. The number of aromatic nitrogens is 2. The van der Waals surface area contributed by atoms with Gasteiger partial charge in [0, 0.05) is 41.4 Å². The number of aliphatic hydroxyl groups excluding tert-OH is 1. The molecule has 15 heteroatoms. The molecule has 5 aromatic rings. The summed E-state index contributed by atoms with van der Waals surface area (Å²) < 4.78 is 17.3. The summed E-state index contributed by atoms with van der Waals surface area (Å²) in [6.07, 6.45) is 7.49. The fraction of sp³-hybridized carbons (Fsp3) is 0.382. The average molecular weight is 969 g/mol. The van der Waals surface area contributed by atoms with Gasteiger partial charge in [-0.25, -0.2) is 9.97 Å². The molecule has 368 valence electrons. The largest absolute Gasteiger partial charge is 0.494 e. The van der Waals surface area contributed by atoms with E-state index in [1.807, 2.05) is 133 Å². The van der Waals surface area contributed by atoms with E-state index in [9.17, 15) is 24.3 Å². The molecular formula is C55H64N6O8S. The first kappa shape index (κ1) is 51.0. The molecule has 0 spiro atoms. The number of β-amino-alcohol motifs (C(OH)–C–C–N with tert-alkyl or cyclic N) is 1. The van der Waals surface area contributed by atoms with Gasteiger partial charge in [-0.05, 0) is 117 Å². The molecule has 0 radical (unpaired) electrons. The maximum Gasteiger partial charge on any atom is 0.246 e. The van der Waals surface area contributed by atoms with E-state index in [1.54, 1.807) is 31.1 Å². The Labute approximate surface area is 414 Å². The van der Waals surface area contributed by atoms with Gasteiger partial charge < -0.3 is 40.2 Å². The van der Waals surface area contributed by atoms with E-state index < -0.39 is 29.5 Å². The number of methoxy groups -OCH3 is 2. The summed E-state index contributed by atoms with van der Waals surface area (Å²) in [5.41, 5.74) is 9.42. The molecule has 1 fully saturated rings. The molecule has 4 amide bonds. The summed E-state index contributed by atoms with van der Waals surface area (Å²) in [5.74, 6) is 0.747. The van der Waals surface area contributed by atoms with Crippen LogP contribution in [0.1, 0.15) is 82.9 Å². The maximum atomic E-state index is 14.1. The first-order valence-electron chi connectivity index (χ1n) is 23.8. The van der Waals surface area contributed by atoms with Gasteiger partial charge in [-0.3, -0.25) is 19.2 Å². The van der Waals surface area contributed by atoms with Crippen LogP contribution in [0.2, 0.25) is 0 Å². The van der Waals surface area contributed by atoms with E-state index in [4.69, 9.17) is 19.2 Å². The van der Waals surface area contributed by atoms with Crippen LogP contribution in [0.4, 0.5) is 5.69 Å². The number of allylic oxidation sites excluding steroid dienone is 2. The molecule has 7 rings (SSSR count). The number of carbonyl (C=O) groups excluding carboxylic acids is 4. The van der Waals surface area contributed by atoms with Crippen molar-refractivity contribution < 1.29 is 38.5 Å². The van der Waals surface area contributed by atoms with E-state index in [2.05, 4.69) is 20.9 Å². The van der Waals surface area contributed by atoms with Gasteiger partial charge in [-0.15, -0.1) is 11.3 Å². The van der Waals surface area contributed by atoms with E-state index >= 15 is 0 Å². The Morgan fingerprint density at radius 3 is 2.41 bits per heavy atom. The molecule has 4 atom stereocenters. The van der Waals surface area contributed by atoms with Gasteiger partial charge in [0.25, 0.3) is 0 Å². The Hall–Kier alpha value is -6.84. The number of nitrogens with one attached hydrogen (secondary N) is 3. The minimum Gasteiger partial charge on any atom is -0.494 e. The molecule has 70 heavy (non-hydrogen) atoms. The van der Waals surface area contributed by atoms with Crippen LogP contribution in [-0.4, -0.2) is 95.2 Å². The highest BCUT2D eigenvalue weighted by Crippen LogP contribution is 2.42. The number of carbonyl (C=O) groups is 4. The molecule has 0 aliphatic carbocycles. The second kappa shape index (κ2) is 22.7. The molecule has 3 aromatic carbocycles. The van der Waals surface area contributed by atoms with E-state index in [1.165, 1.54) is 4.90 Å². The number of ether oxygens (including phenoxy) is 3. The van der Waals surface area contributed by atoms with Crippen molar-refractivity contribution in [2.24, 2.45) is 5.41 Å². The Morgan fingerprint density at radius 1 is 0.957 bits per heavy atom. The molecule has 0 bridgehead atoms. The molecule has 14 nitrogen and oxygen atoms in total. The molecule has 4 N–H and O–H groups in total. The lowest BCUT2D eigenvalue weighted by Gasteiger charge is -2.35. The van der Waals surface area contributed by atoms with E-state index in [0.717, 1.165) is 61.8 Å². The smallest absolute Gasteiger partial charge is 0.246 e. The van der Waals surface area contributed by atoms with Gasteiger partial charge in [0.05, 0.1) is 61.6 Å². The molecule has 0 saturated carbocycles. The van der Waals surface area contributed by atoms with Crippen molar-refractivity contribution in [3.63, 3.8) is 0 Å². The molecule has 2 aromatic heterocycles. The lowest BCUT2D eigenvalue weighted by atomic mass is 9.85. The van der Waals surface area contributed by atoms with Gasteiger partial charge in [-0.2, -0.15) is 0 Å². The van der Waals surface area contributed by atoms with Gasteiger partial charge in [-0.1, -0.05) is 62.8 Å². The van der Waals surface area contributed by atoms with Gasteiger partial charge >= 0.3 is 0 Å². The molecular weight excluding hydrogens is 905 g/mol. The molecule has 2 aliphatic rings. The number of rotatable bonds is 18. The molecule has 0 unspecified atom stereocenters. The number of amides is 4. The zero-order valence-electron chi connectivity index (χ0n) is 41.3. The van der Waals surface area contributed by atoms with Crippen molar-refractivity contribution >= 4 is 46.7 Å². The number of para-hydroxylation sites is 1. The Bertz CT molecular complexity index is 2760. The van der Waals surface area contributed by atoms with Crippen LogP contribution in [0.3, 0.4) is 0 Å².